The molecule has 21 heavy (non-hydrogen) atoms. The van der Waals surface area contributed by atoms with Crippen LogP contribution in [0.15, 0.2) is 31.0 Å². The number of imidazole rings is 1. The lowest BCUT2D eigenvalue weighted by Gasteiger charge is -2.04. The molecular weight excluding hydrogens is 268 g/mol. The van der Waals surface area contributed by atoms with E-state index in [1.807, 2.05) is 0 Å². The monoisotopic (exact) mass is 284 g/mol. The molecule has 0 fully saturated rings. The van der Waals surface area contributed by atoms with Crippen molar-refractivity contribution >= 4 is 5.91 Å². The van der Waals surface area contributed by atoms with E-state index < -0.39 is 0 Å². The number of hydrogen-bond acceptors (Lipinski definition) is 4. The molecule has 3 N–H and O–H groups in total. The number of pyridine rings is 1. The fourth-order valence-corrected chi connectivity index (χ4v) is 1.69. The van der Waals surface area contributed by atoms with E-state index in [4.69, 9.17) is 5.11 Å². The van der Waals surface area contributed by atoms with E-state index in [0.29, 0.717) is 30.5 Å². The molecule has 2 rings (SSSR count). The van der Waals surface area contributed by atoms with Gasteiger partial charge in [0.25, 0.3) is 5.91 Å². The summed E-state index contributed by atoms with van der Waals surface area (Å²) in [7, 11) is 0. The van der Waals surface area contributed by atoms with E-state index in [9.17, 15) is 4.79 Å². The Bertz CT molecular complexity index is 641. The number of amides is 1. The van der Waals surface area contributed by atoms with Crippen molar-refractivity contribution in [3.63, 3.8) is 0 Å². The number of H-pyrrole nitrogens is 1. The van der Waals surface area contributed by atoms with Crippen LogP contribution in [-0.4, -0.2) is 39.1 Å². The Hall–Kier alpha value is -2.65. The van der Waals surface area contributed by atoms with Gasteiger partial charge in [0, 0.05) is 49.2 Å². The van der Waals surface area contributed by atoms with Crippen LogP contribution < -0.4 is 5.32 Å². The molecule has 1 amide bonds. The number of rotatable bonds is 5. The van der Waals surface area contributed by atoms with Crippen molar-refractivity contribution in [1.29, 1.82) is 0 Å². The number of aliphatic hydroxyl groups is 1. The maximum absolute atomic E-state index is 12.0. The number of carbonyl (C=O) groups excluding carboxylic acids is 1. The lowest BCUT2D eigenvalue weighted by Crippen LogP contribution is -2.25. The summed E-state index contributed by atoms with van der Waals surface area (Å²) in [6, 6.07) is 1.68. The van der Waals surface area contributed by atoms with Crippen LogP contribution in [0.3, 0.4) is 0 Å². The largest absolute Gasteiger partial charge is 0.395 e. The Labute approximate surface area is 122 Å². The topological polar surface area (TPSA) is 90.9 Å². The molecular formula is C15H16N4O2. The van der Waals surface area contributed by atoms with Crippen molar-refractivity contribution in [2.45, 2.75) is 12.8 Å². The lowest BCUT2D eigenvalue weighted by atomic mass is 10.2. The minimum atomic E-state index is -0.187. The number of nitrogens with zero attached hydrogens (tertiary/aromatic N) is 2. The van der Waals surface area contributed by atoms with Crippen LogP contribution in [0.25, 0.3) is 0 Å². The average Bonchev–Trinajstić information content (AvgIpc) is 3.01. The number of aromatic amines is 1. The molecule has 0 unspecified atom stereocenters. The van der Waals surface area contributed by atoms with Gasteiger partial charge in [0.05, 0.1) is 18.5 Å². The fourth-order valence-electron chi connectivity index (χ4n) is 1.69. The first kappa shape index (κ1) is 14.8. The van der Waals surface area contributed by atoms with Crippen molar-refractivity contribution in [3.8, 4) is 11.8 Å². The molecule has 2 heterocycles. The standard InChI is InChI=1S/C15H16N4O2/c20-6-2-1-3-12-7-13(9-16-8-12)15(21)18-5-4-14-10-17-11-19-14/h7-11,20H,2,4-6H2,(H,17,19)(H,18,21). The van der Waals surface area contributed by atoms with Gasteiger partial charge < -0.3 is 15.4 Å². The number of aromatic nitrogens is 3. The van der Waals surface area contributed by atoms with Crippen LogP contribution in [0.2, 0.25) is 0 Å². The number of nitrogens with one attached hydrogen (secondary N) is 2. The number of carbonyl (C=O) groups is 1. The van der Waals surface area contributed by atoms with Crippen LogP contribution in [0, 0.1) is 11.8 Å². The third-order valence-electron chi connectivity index (χ3n) is 2.70. The molecule has 6 heteroatoms. The van der Waals surface area contributed by atoms with Crippen molar-refractivity contribution in [3.05, 3.63) is 47.8 Å². The molecule has 2 aromatic heterocycles. The summed E-state index contributed by atoms with van der Waals surface area (Å²) in [6.07, 6.45) is 7.52. The van der Waals surface area contributed by atoms with Gasteiger partial charge in [0.2, 0.25) is 0 Å². The van der Waals surface area contributed by atoms with E-state index in [0.717, 1.165) is 5.69 Å². The summed E-state index contributed by atoms with van der Waals surface area (Å²) in [5, 5.41) is 11.5. The van der Waals surface area contributed by atoms with Gasteiger partial charge in [0.1, 0.15) is 0 Å². The first-order chi connectivity index (χ1) is 10.3. The summed E-state index contributed by atoms with van der Waals surface area (Å²) in [5.74, 6) is 5.46. The molecule has 0 spiro atoms. The zero-order valence-corrected chi connectivity index (χ0v) is 11.5. The van der Waals surface area contributed by atoms with Gasteiger partial charge in [-0.3, -0.25) is 9.78 Å². The van der Waals surface area contributed by atoms with Gasteiger partial charge in [-0.25, -0.2) is 4.98 Å². The zero-order valence-electron chi connectivity index (χ0n) is 11.5. The fraction of sp³-hybridized carbons (Fsp3) is 0.267. The van der Waals surface area contributed by atoms with E-state index >= 15 is 0 Å². The normalized spacial score (nSPS) is 9.76. The van der Waals surface area contributed by atoms with Gasteiger partial charge in [0.15, 0.2) is 0 Å². The lowest BCUT2D eigenvalue weighted by molar-refractivity contribution is 0.0953. The Morgan fingerprint density at radius 1 is 1.33 bits per heavy atom. The molecule has 0 aliphatic carbocycles. The first-order valence-electron chi connectivity index (χ1n) is 6.60. The quantitative estimate of drug-likeness (QED) is 0.698. The minimum Gasteiger partial charge on any atom is -0.395 e. The van der Waals surface area contributed by atoms with Crippen LogP contribution >= 0.6 is 0 Å². The van der Waals surface area contributed by atoms with E-state index in [1.54, 1.807) is 24.8 Å². The second kappa shape index (κ2) is 7.82. The highest BCUT2D eigenvalue weighted by molar-refractivity contribution is 5.94. The first-order valence-corrected chi connectivity index (χ1v) is 6.60. The second-order valence-electron chi connectivity index (χ2n) is 4.32. The highest BCUT2D eigenvalue weighted by atomic mass is 16.2. The smallest absolute Gasteiger partial charge is 0.252 e. The highest BCUT2D eigenvalue weighted by Gasteiger charge is 2.06. The van der Waals surface area contributed by atoms with Crippen molar-refractivity contribution < 1.29 is 9.90 Å². The van der Waals surface area contributed by atoms with Crippen LogP contribution in [-0.2, 0) is 6.42 Å². The zero-order chi connectivity index (χ0) is 14.9. The SMILES string of the molecule is O=C(NCCc1cnc[nH]1)c1cncc(C#CCCO)c1. The van der Waals surface area contributed by atoms with Crippen molar-refractivity contribution in [2.75, 3.05) is 13.2 Å². The number of hydrogen-bond donors (Lipinski definition) is 3. The molecule has 0 aliphatic rings. The van der Waals surface area contributed by atoms with E-state index in [2.05, 4.69) is 32.1 Å². The molecule has 0 saturated carbocycles. The Morgan fingerprint density at radius 2 is 2.24 bits per heavy atom. The Morgan fingerprint density at radius 3 is 3.00 bits per heavy atom. The third-order valence-corrected chi connectivity index (χ3v) is 2.70. The molecule has 6 nitrogen and oxygen atoms in total. The Balaban J connectivity index is 1.90. The predicted octanol–water partition coefficient (Wildman–Crippen LogP) is 0.511. The predicted molar refractivity (Wildman–Crippen MR) is 77.4 cm³/mol. The molecule has 0 bridgehead atoms. The minimum absolute atomic E-state index is 0.0220. The maximum atomic E-state index is 12.0. The van der Waals surface area contributed by atoms with Gasteiger partial charge in [-0.05, 0) is 6.07 Å². The molecule has 0 aliphatic heterocycles. The van der Waals surface area contributed by atoms with E-state index in [-0.39, 0.29) is 12.5 Å². The molecule has 0 aromatic carbocycles. The molecule has 0 saturated heterocycles. The van der Waals surface area contributed by atoms with Gasteiger partial charge >= 0.3 is 0 Å². The van der Waals surface area contributed by atoms with Gasteiger partial charge in [-0.15, -0.1) is 0 Å². The van der Waals surface area contributed by atoms with Crippen LogP contribution in [0.5, 0.6) is 0 Å². The molecule has 0 atom stereocenters. The van der Waals surface area contributed by atoms with Gasteiger partial charge in [-0.1, -0.05) is 11.8 Å². The summed E-state index contributed by atoms with van der Waals surface area (Å²) >= 11 is 0. The Kier molecular flexibility index (Phi) is 5.50. The molecule has 108 valence electrons. The van der Waals surface area contributed by atoms with Crippen LogP contribution in [0.4, 0.5) is 0 Å². The summed E-state index contributed by atoms with van der Waals surface area (Å²) < 4.78 is 0. The van der Waals surface area contributed by atoms with Gasteiger partial charge in [-0.2, -0.15) is 0 Å². The maximum Gasteiger partial charge on any atom is 0.252 e. The third kappa shape index (κ3) is 4.75. The van der Waals surface area contributed by atoms with Crippen molar-refractivity contribution in [2.24, 2.45) is 0 Å². The molecule has 2 aromatic rings. The second-order valence-corrected chi connectivity index (χ2v) is 4.32. The van der Waals surface area contributed by atoms with E-state index in [1.165, 1.54) is 6.20 Å². The van der Waals surface area contributed by atoms with Crippen LogP contribution in [0.1, 0.15) is 28.0 Å². The summed E-state index contributed by atoms with van der Waals surface area (Å²) in [6.45, 7) is 0.537. The molecule has 0 radical (unpaired) electrons. The summed E-state index contributed by atoms with van der Waals surface area (Å²) in [5.41, 5.74) is 2.09. The highest BCUT2D eigenvalue weighted by Crippen LogP contribution is 2.02. The van der Waals surface area contributed by atoms with Crippen molar-refractivity contribution in [1.82, 2.24) is 20.3 Å². The number of aliphatic hydroxyl groups excluding tert-OH is 1. The average molecular weight is 284 g/mol. The summed E-state index contributed by atoms with van der Waals surface area (Å²) in [4.78, 5) is 22.9.